The maximum Gasteiger partial charge on any atom is 0.189 e. The molecule has 11 heteroatoms. The Morgan fingerprint density at radius 2 is 1.65 bits per heavy atom. The highest BCUT2D eigenvalue weighted by atomic mass is 16.7. The van der Waals surface area contributed by atoms with Crippen LogP contribution < -0.4 is 0 Å². The Bertz CT molecular complexity index is 376. The molecule has 1 saturated heterocycles. The number of ketones is 1. The molecule has 8 atom stereocenters. The zero-order valence-corrected chi connectivity index (χ0v) is 12.0. The number of carbonyl (C=O) groups excluding carboxylic acids is 1. The smallest absolute Gasteiger partial charge is 0.189 e. The second-order valence-electron chi connectivity index (χ2n) is 5.16. The summed E-state index contributed by atoms with van der Waals surface area (Å²) in [6.07, 6.45) is -13.5. The highest BCUT2D eigenvalue weighted by Gasteiger charge is 2.44. The van der Waals surface area contributed by atoms with Crippen LogP contribution in [0.3, 0.4) is 0 Å². The van der Waals surface area contributed by atoms with Gasteiger partial charge in [-0.15, -0.1) is 0 Å². The van der Waals surface area contributed by atoms with Crippen LogP contribution in [0.25, 0.3) is 0 Å². The summed E-state index contributed by atoms with van der Waals surface area (Å²) in [4.78, 5) is 11.6. The minimum absolute atomic E-state index is 0.678. The SMILES string of the molecule is O=C(COC1O[C@H](CO)[C@@H](O)[C@H](O)[C@H]1O)[C@H](O)[C@H](O)[C@H](O)CO. The van der Waals surface area contributed by atoms with Gasteiger partial charge >= 0.3 is 0 Å². The highest BCUT2D eigenvalue weighted by molar-refractivity contribution is 5.84. The van der Waals surface area contributed by atoms with Gasteiger partial charge in [0.25, 0.3) is 0 Å². The van der Waals surface area contributed by atoms with Crippen LogP contribution in [0.15, 0.2) is 0 Å². The van der Waals surface area contributed by atoms with Gasteiger partial charge in [0.15, 0.2) is 12.1 Å². The molecular weight excluding hydrogens is 320 g/mol. The predicted molar refractivity (Wildman–Crippen MR) is 69.8 cm³/mol. The Kier molecular flexibility index (Phi) is 7.89. The van der Waals surface area contributed by atoms with Gasteiger partial charge in [0.2, 0.25) is 0 Å². The van der Waals surface area contributed by atoms with E-state index >= 15 is 0 Å². The topological polar surface area (TPSA) is 197 Å². The first-order valence-corrected chi connectivity index (χ1v) is 6.84. The second-order valence-corrected chi connectivity index (χ2v) is 5.16. The number of aliphatic hydroxyl groups is 8. The van der Waals surface area contributed by atoms with Crippen LogP contribution in [0.1, 0.15) is 0 Å². The number of rotatable bonds is 8. The number of ether oxygens (including phenoxy) is 2. The van der Waals surface area contributed by atoms with Crippen molar-refractivity contribution in [1.82, 2.24) is 0 Å². The number of aliphatic hydroxyl groups excluding tert-OH is 8. The van der Waals surface area contributed by atoms with Crippen molar-refractivity contribution in [3.63, 3.8) is 0 Å². The Morgan fingerprint density at radius 1 is 1.04 bits per heavy atom. The molecule has 1 unspecified atom stereocenters. The fraction of sp³-hybridized carbons (Fsp3) is 0.917. The van der Waals surface area contributed by atoms with Gasteiger partial charge < -0.3 is 50.3 Å². The summed E-state index contributed by atoms with van der Waals surface area (Å²) in [5, 5.41) is 74.4. The van der Waals surface area contributed by atoms with Gasteiger partial charge in [-0.2, -0.15) is 0 Å². The predicted octanol–water partition coefficient (Wildman–Crippen LogP) is -5.55. The molecule has 0 aromatic carbocycles. The summed E-state index contributed by atoms with van der Waals surface area (Å²) in [7, 11) is 0. The van der Waals surface area contributed by atoms with Crippen LogP contribution in [0.4, 0.5) is 0 Å². The van der Waals surface area contributed by atoms with Crippen molar-refractivity contribution in [2.75, 3.05) is 19.8 Å². The molecule has 1 fully saturated rings. The van der Waals surface area contributed by atoms with Crippen LogP contribution in [0, 0.1) is 0 Å². The first-order valence-electron chi connectivity index (χ1n) is 6.84. The summed E-state index contributed by atoms with van der Waals surface area (Å²) in [6, 6.07) is 0. The summed E-state index contributed by atoms with van der Waals surface area (Å²) in [5.74, 6) is -1.08. The molecule has 8 N–H and O–H groups in total. The summed E-state index contributed by atoms with van der Waals surface area (Å²) in [5.41, 5.74) is 0. The van der Waals surface area contributed by atoms with Crippen molar-refractivity contribution >= 4 is 5.78 Å². The van der Waals surface area contributed by atoms with Crippen molar-refractivity contribution in [3.05, 3.63) is 0 Å². The molecule has 0 aliphatic carbocycles. The molecule has 0 aromatic rings. The van der Waals surface area contributed by atoms with Crippen LogP contribution in [-0.4, -0.2) is 115 Å². The third-order valence-electron chi connectivity index (χ3n) is 3.47. The lowest BCUT2D eigenvalue weighted by Crippen LogP contribution is -2.59. The van der Waals surface area contributed by atoms with E-state index in [1.54, 1.807) is 0 Å². The van der Waals surface area contributed by atoms with Gasteiger partial charge in [-0.25, -0.2) is 0 Å². The van der Waals surface area contributed by atoms with E-state index in [1.807, 2.05) is 0 Å². The lowest BCUT2D eigenvalue weighted by atomic mass is 9.99. The molecule has 1 aliphatic rings. The van der Waals surface area contributed by atoms with Crippen molar-refractivity contribution in [2.24, 2.45) is 0 Å². The molecule has 23 heavy (non-hydrogen) atoms. The third-order valence-corrected chi connectivity index (χ3v) is 3.47. The average Bonchev–Trinajstić information content (AvgIpc) is 2.56. The molecule has 1 heterocycles. The first-order chi connectivity index (χ1) is 10.7. The molecular formula is C12H22O11. The monoisotopic (exact) mass is 342 g/mol. The van der Waals surface area contributed by atoms with E-state index in [-0.39, 0.29) is 0 Å². The Hall–Kier alpha value is -0.730. The number of hydrogen-bond donors (Lipinski definition) is 8. The molecule has 0 spiro atoms. The highest BCUT2D eigenvalue weighted by Crippen LogP contribution is 2.22. The maximum absolute atomic E-state index is 11.6. The lowest BCUT2D eigenvalue weighted by molar-refractivity contribution is -0.299. The molecule has 1 aliphatic heterocycles. The molecule has 0 amide bonds. The quantitative estimate of drug-likeness (QED) is 0.209. The van der Waals surface area contributed by atoms with Crippen LogP contribution >= 0.6 is 0 Å². The van der Waals surface area contributed by atoms with Gasteiger partial charge in [0.1, 0.15) is 49.3 Å². The fourth-order valence-corrected chi connectivity index (χ4v) is 1.96. The average molecular weight is 342 g/mol. The minimum atomic E-state index is -2.05. The van der Waals surface area contributed by atoms with E-state index in [2.05, 4.69) is 0 Å². The van der Waals surface area contributed by atoms with E-state index in [0.717, 1.165) is 0 Å². The number of hydrogen-bond acceptors (Lipinski definition) is 11. The molecule has 0 aromatic heterocycles. The Labute approximate surface area is 130 Å². The molecule has 136 valence electrons. The molecule has 0 saturated carbocycles. The van der Waals surface area contributed by atoms with Crippen molar-refractivity contribution < 1.29 is 55.1 Å². The largest absolute Gasteiger partial charge is 0.394 e. The van der Waals surface area contributed by atoms with Crippen molar-refractivity contribution in [1.29, 1.82) is 0 Å². The minimum Gasteiger partial charge on any atom is -0.394 e. The maximum atomic E-state index is 11.6. The number of carbonyl (C=O) groups is 1. The number of Topliss-reactive ketones (excluding diaryl/α,β-unsaturated/α-hetero) is 1. The summed E-state index contributed by atoms with van der Waals surface area (Å²) in [6.45, 7) is -2.42. The normalized spacial score (nSPS) is 35.6. The molecule has 1 rings (SSSR count). The zero-order chi connectivity index (χ0) is 17.7. The van der Waals surface area contributed by atoms with Gasteiger partial charge in [0.05, 0.1) is 13.2 Å². The van der Waals surface area contributed by atoms with E-state index < -0.39 is 74.6 Å². The molecule has 0 bridgehead atoms. The van der Waals surface area contributed by atoms with Gasteiger partial charge in [-0.3, -0.25) is 4.79 Å². The van der Waals surface area contributed by atoms with Gasteiger partial charge in [0, 0.05) is 0 Å². The van der Waals surface area contributed by atoms with Gasteiger partial charge in [-0.05, 0) is 0 Å². The van der Waals surface area contributed by atoms with E-state index in [1.165, 1.54) is 0 Å². The molecule has 11 nitrogen and oxygen atoms in total. The Morgan fingerprint density at radius 3 is 2.17 bits per heavy atom. The van der Waals surface area contributed by atoms with Crippen LogP contribution in [-0.2, 0) is 14.3 Å². The third kappa shape index (κ3) is 4.87. The fourth-order valence-electron chi connectivity index (χ4n) is 1.96. The lowest BCUT2D eigenvalue weighted by Gasteiger charge is -2.39. The van der Waals surface area contributed by atoms with Crippen LogP contribution in [0.2, 0.25) is 0 Å². The first kappa shape index (κ1) is 20.3. The van der Waals surface area contributed by atoms with Crippen LogP contribution in [0.5, 0.6) is 0 Å². The second kappa shape index (κ2) is 8.94. The van der Waals surface area contributed by atoms with E-state index in [4.69, 9.17) is 24.8 Å². The van der Waals surface area contributed by atoms with Gasteiger partial charge in [-0.1, -0.05) is 0 Å². The Balaban J connectivity index is 2.57. The van der Waals surface area contributed by atoms with E-state index in [0.29, 0.717) is 0 Å². The summed E-state index contributed by atoms with van der Waals surface area (Å²) >= 11 is 0. The summed E-state index contributed by atoms with van der Waals surface area (Å²) < 4.78 is 9.85. The van der Waals surface area contributed by atoms with E-state index in [9.17, 15) is 30.3 Å². The molecule has 0 radical (unpaired) electrons. The van der Waals surface area contributed by atoms with Crippen molar-refractivity contribution in [2.45, 2.75) is 49.0 Å². The van der Waals surface area contributed by atoms with Crippen molar-refractivity contribution in [3.8, 4) is 0 Å². The zero-order valence-electron chi connectivity index (χ0n) is 12.0. The standard InChI is InChI=1S/C12H22O11/c13-1-4(15)7(17)8(18)5(16)3-22-12-11(21)10(20)9(19)6(2-14)23-12/h4,6-15,17-21H,1-3H2/t4-,6-,7-,8+,9-,10+,11-,12?/m1/s1.